The Morgan fingerprint density at radius 3 is 2.49 bits per heavy atom. The van der Waals surface area contributed by atoms with Crippen LogP contribution in [0.1, 0.15) is 52.2 Å². The molecule has 0 spiro atoms. The number of aromatic amines is 1. The fraction of sp³-hybridized carbons (Fsp3) is 0.400. The SMILES string of the molecule is CC1(C)c2cc(N3CCOCC3)c(C#CCN3CCOCC3)cc2C(=O)c2c1[nH]c1cc(C#N)ccc21. The Morgan fingerprint density at radius 1 is 1.03 bits per heavy atom. The minimum absolute atomic E-state index is 0.00467. The van der Waals surface area contributed by atoms with Crippen molar-refractivity contribution in [2.45, 2.75) is 19.3 Å². The van der Waals surface area contributed by atoms with Crippen molar-refractivity contribution in [1.29, 1.82) is 5.26 Å². The maximum atomic E-state index is 14.0. The van der Waals surface area contributed by atoms with Gasteiger partial charge in [0.05, 0.1) is 55.9 Å². The number of carbonyl (C=O) groups excluding carboxylic acids is 1. The number of hydrogen-bond donors (Lipinski definition) is 1. The number of ketones is 1. The van der Waals surface area contributed by atoms with Crippen LogP contribution < -0.4 is 4.90 Å². The number of nitrogens with one attached hydrogen (secondary N) is 1. The third kappa shape index (κ3) is 4.10. The summed E-state index contributed by atoms with van der Waals surface area (Å²) >= 11 is 0. The monoisotopic (exact) mass is 494 g/mol. The highest BCUT2D eigenvalue weighted by atomic mass is 16.5. The quantitative estimate of drug-likeness (QED) is 0.550. The maximum Gasteiger partial charge on any atom is 0.195 e. The van der Waals surface area contributed by atoms with E-state index in [1.807, 2.05) is 18.2 Å². The summed E-state index contributed by atoms with van der Waals surface area (Å²) in [5, 5.41) is 10.2. The minimum atomic E-state index is -0.425. The lowest BCUT2D eigenvalue weighted by Gasteiger charge is -2.35. The number of carbonyl (C=O) groups is 1. The number of morpholine rings is 2. The molecule has 0 bridgehead atoms. The lowest BCUT2D eigenvalue weighted by molar-refractivity contribution is 0.0443. The van der Waals surface area contributed by atoms with E-state index < -0.39 is 5.41 Å². The lowest BCUT2D eigenvalue weighted by atomic mass is 9.70. The number of ether oxygens (including phenoxy) is 2. The number of H-pyrrole nitrogens is 1. The van der Waals surface area contributed by atoms with Gasteiger partial charge in [-0.3, -0.25) is 9.69 Å². The van der Waals surface area contributed by atoms with Gasteiger partial charge in [0.15, 0.2) is 5.78 Å². The summed E-state index contributed by atoms with van der Waals surface area (Å²) in [5.74, 6) is 6.78. The number of fused-ring (bicyclic) bond motifs is 4. The highest BCUT2D eigenvalue weighted by Crippen LogP contribution is 2.45. The van der Waals surface area contributed by atoms with Crippen LogP contribution in [-0.2, 0) is 14.9 Å². The van der Waals surface area contributed by atoms with Crippen molar-refractivity contribution in [2.24, 2.45) is 0 Å². The van der Waals surface area contributed by atoms with Gasteiger partial charge in [0, 0.05) is 59.3 Å². The van der Waals surface area contributed by atoms with Crippen molar-refractivity contribution in [1.82, 2.24) is 9.88 Å². The summed E-state index contributed by atoms with van der Waals surface area (Å²) in [7, 11) is 0. The number of nitrogens with zero attached hydrogens (tertiary/aromatic N) is 3. The molecular weight excluding hydrogens is 464 g/mol. The van der Waals surface area contributed by atoms with E-state index in [1.54, 1.807) is 6.07 Å². The van der Waals surface area contributed by atoms with E-state index in [9.17, 15) is 10.1 Å². The van der Waals surface area contributed by atoms with Gasteiger partial charge >= 0.3 is 0 Å². The third-order valence-corrected chi connectivity index (χ3v) is 7.81. The van der Waals surface area contributed by atoms with Gasteiger partial charge in [-0.2, -0.15) is 5.26 Å². The predicted molar refractivity (Wildman–Crippen MR) is 142 cm³/mol. The zero-order valence-corrected chi connectivity index (χ0v) is 21.3. The van der Waals surface area contributed by atoms with Gasteiger partial charge in [-0.1, -0.05) is 31.8 Å². The molecule has 1 aliphatic carbocycles. The van der Waals surface area contributed by atoms with Crippen LogP contribution in [0, 0.1) is 23.2 Å². The summed E-state index contributed by atoms with van der Waals surface area (Å²) in [6.07, 6.45) is 0. The second kappa shape index (κ2) is 9.36. The number of benzene rings is 2. The molecule has 2 fully saturated rings. The average molecular weight is 495 g/mol. The average Bonchev–Trinajstić information content (AvgIpc) is 3.33. The van der Waals surface area contributed by atoms with E-state index in [4.69, 9.17) is 9.47 Å². The topological polar surface area (TPSA) is 81.6 Å². The molecule has 1 N–H and O–H groups in total. The smallest absolute Gasteiger partial charge is 0.195 e. The number of aromatic nitrogens is 1. The van der Waals surface area contributed by atoms with Crippen molar-refractivity contribution in [3.8, 4) is 17.9 Å². The third-order valence-electron chi connectivity index (χ3n) is 7.81. The van der Waals surface area contributed by atoms with Crippen LogP contribution in [0.2, 0.25) is 0 Å². The van der Waals surface area contributed by atoms with Gasteiger partial charge in [-0.15, -0.1) is 0 Å². The molecule has 0 saturated carbocycles. The predicted octanol–water partition coefficient (Wildman–Crippen LogP) is 3.43. The minimum Gasteiger partial charge on any atom is -0.379 e. The van der Waals surface area contributed by atoms with Gasteiger partial charge in [0.2, 0.25) is 0 Å². The van der Waals surface area contributed by atoms with E-state index >= 15 is 0 Å². The molecule has 0 unspecified atom stereocenters. The van der Waals surface area contributed by atoms with E-state index in [-0.39, 0.29) is 5.78 Å². The van der Waals surface area contributed by atoms with Crippen molar-refractivity contribution >= 4 is 22.4 Å². The Kier molecular flexibility index (Phi) is 6.01. The molecule has 2 saturated heterocycles. The highest BCUT2D eigenvalue weighted by Gasteiger charge is 2.40. The first kappa shape index (κ1) is 23.8. The van der Waals surface area contributed by atoms with Crippen molar-refractivity contribution < 1.29 is 14.3 Å². The standard InChI is InChI=1S/C30H30N4O3/c1-30(2)24-18-26(34-10-14-37-15-11-34)21(4-3-7-33-8-12-36-13-9-33)17-23(24)28(35)27-22-6-5-20(19-31)16-25(22)32-29(27)30/h5-6,16-18,32H,7-15H2,1-2H3. The molecule has 2 aliphatic heterocycles. The van der Waals surface area contributed by atoms with Crippen molar-refractivity contribution in [2.75, 3.05) is 64.1 Å². The molecule has 3 aromatic rings. The molecule has 7 nitrogen and oxygen atoms in total. The Morgan fingerprint density at radius 2 is 1.76 bits per heavy atom. The van der Waals surface area contributed by atoms with Gasteiger partial charge in [-0.05, 0) is 29.8 Å². The first-order chi connectivity index (χ1) is 18.0. The Bertz CT molecular complexity index is 1490. The fourth-order valence-electron chi connectivity index (χ4n) is 5.71. The van der Waals surface area contributed by atoms with E-state index in [0.717, 1.165) is 72.8 Å². The molecule has 3 aliphatic rings. The van der Waals surface area contributed by atoms with Gasteiger partial charge < -0.3 is 19.4 Å². The normalized spacial score (nSPS) is 19.1. The van der Waals surface area contributed by atoms with Gasteiger partial charge in [-0.25, -0.2) is 0 Å². The highest BCUT2D eigenvalue weighted by molar-refractivity contribution is 6.20. The molecule has 188 valence electrons. The molecule has 0 radical (unpaired) electrons. The van der Waals surface area contributed by atoms with Gasteiger partial charge in [0.1, 0.15) is 0 Å². The second-order valence-corrected chi connectivity index (χ2v) is 10.4. The zero-order chi connectivity index (χ0) is 25.6. The Labute approximate surface area is 217 Å². The van der Waals surface area contributed by atoms with Crippen LogP contribution in [-0.4, -0.2) is 74.8 Å². The lowest BCUT2D eigenvalue weighted by Crippen LogP contribution is -2.38. The number of hydrogen-bond acceptors (Lipinski definition) is 6. The number of anilines is 1. The molecule has 37 heavy (non-hydrogen) atoms. The fourth-order valence-corrected chi connectivity index (χ4v) is 5.71. The van der Waals surface area contributed by atoms with E-state index in [2.05, 4.69) is 52.6 Å². The van der Waals surface area contributed by atoms with E-state index in [1.165, 1.54) is 0 Å². The zero-order valence-electron chi connectivity index (χ0n) is 21.3. The molecule has 0 amide bonds. The molecule has 7 heteroatoms. The van der Waals surface area contributed by atoms with Crippen molar-refractivity contribution in [3.05, 3.63) is 63.8 Å². The Balaban J connectivity index is 1.47. The summed E-state index contributed by atoms with van der Waals surface area (Å²) in [5.41, 5.74) is 6.20. The van der Waals surface area contributed by atoms with Crippen LogP contribution in [0.3, 0.4) is 0 Å². The van der Waals surface area contributed by atoms with Gasteiger partial charge in [0.25, 0.3) is 0 Å². The Hall–Kier alpha value is -3.62. The summed E-state index contributed by atoms with van der Waals surface area (Å²) < 4.78 is 11.1. The maximum absolute atomic E-state index is 14.0. The van der Waals surface area contributed by atoms with Crippen LogP contribution in [0.5, 0.6) is 0 Å². The number of rotatable bonds is 2. The summed E-state index contributed by atoms with van der Waals surface area (Å²) in [6, 6.07) is 11.9. The van der Waals surface area contributed by atoms with E-state index in [0.29, 0.717) is 36.4 Å². The number of nitriles is 1. The van der Waals surface area contributed by atoms with Crippen LogP contribution in [0.4, 0.5) is 5.69 Å². The molecule has 3 heterocycles. The first-order valence-corrected chi connectivity index (χ1v) is 12.9. The van der Waals surface area contributed by atoms with Crippen LogP contribution >= 0.6 is 0 Å². The van der Waals surface area contributed by atoms with Crippen LogP contribution in [0.15, 0.2) is 30.3 Å². The van der Waals surface area contributed by atoms with Crippen molar-refractivity contribution in [3.63, 3.8) is 0 Å². The summed E-state index contributed by atoms with van der Waals surface area (Å²) in [6.45, 7) is 11.2. The molecule has 1 aromatic heterocycles. The first-order valence-electron chi connectivity index (χ1n) is 12.9. The summed E-state index contributed by atoms with van der Waals surface area (Å²) in [4.78, 5) is 22.1. The molecule has 0 atom stereocenters. The second-order valence-electron chi connectivity index (χ2n) is 10.4. The molecular formula is C30H30N4O3. The molecule has 6 rings (SSSR count). The van der Waals surface area contributed by atoms with Crippen LogP contribution in [0.25, 0.3) is 10.9 Å². The largest absolute Gasteiger partial charge is 0.379 e. The molecule has 2 aromatic carbocycles.